The molecule has 1 aromatic heterocycles. The summed E-state index contributed by atoms with van der Waals surface area (Å²) in [5.74, 6) is -0.507. The number of rotatable bonds is 4. The minimum Gasteiger partial charge on any atom is -0.504 e. The number of nitrogens with zero attached hydrogens (tertiary/aromatic N) is 1. The molecule has 0 radical (unpaired) electrons. The molecule has 0 aliphatic carbocycles. The van der Waals surface area contributed by atoms with Gasteiger partial charge in [0.25, 0.3) is 5.91 Å². The monoisotopic (exact) mass is 349 g/mol. The Balaban J connectivity index is 1.72. The van der Waals surface area contributed by atoms with E-state index < -0.39 is 5.91 Å². The van der Waals surface area contributed by atoms with Crippen LogP contribution in [0.5, 0.6) is 0 Å². The number of hydrazine groups is 2. The third-order valence-corrected chi connectivity index (χ3v) is 4.31. The highest BCUT2D eigenvalue weighted by Gasteiger charge is 2.15. The first-order valence-electron chi connectivity index (χ1n) is 6.58. The summed E-state index contributed by atoms with van der Waals surface area (Å²) in [5, 5.41) is 12.3. The van der Waals surface area contributed by atoms with E-state index in [1.165, 1.54) is 23.0 Å². The van der Waals surface area contributed by atoms with Crippen LogP contribution in [-0.2, 0) is 4.79 Å². The van der Waals surface area contributed by atoms with Crippen LogP contribution < -0.4 is 11.0 Å². The van der Waals surface area contributed by atoms with E-state index in [1.807, 2.05) is 18.2 Å². The molecule has 8 heteroatoms. The predicted molar refractivity (Wildman–Crippen MR) is 87.1 cm³/mol. The second-order valence-electron chi connectivity index (χ2n) is 4.46. The lowest BCUT2D eigenvalue weighted by molar-refractivity contribution is -0.125. The van der Waals surface area contributed by atoms with Crippen molar-refractivity contribution in [1.29, 1.82) is 0 Å². The Labute approximate surface area is 141 Å². The number of benzene rings is 1. The number of amides is 1. The molecule has 1 aliphatic heterocycles. The zero-order chi connectivity index (χ0) is 16.2. The van der Waals surface area contributed by atoms with Crippen molar-refractivity contribution in [2.45, 2.75) is 9.99 Å². The normalized spacial score (nSPS) is 14.1. The van der Waals surface area contributed by atoms with Gasteiger partial charge in [0, 0.05) is 17.3 Å². The lowest BCUT2D eigenvalue weighted by atomic mass is 10.3. The maximum absolute atomic E-state index is 11.8. The zero-order valence-electron chi connectivity index (χ0n) is 11.7. The van der Waals surface area contributed by atoms with E-state index in [4.69, 9.17) is 16.0 Å². The Morgan fingerprint density at radius 3 is 2.87 bits per heavy atom. The van der Waals surface area contributed by atoms with Crippen LogP contribution in [0.3, 0.4) is 0 Å². The maximum Gasteiger partial charge on any atom is 0.270 e. The lowest BCUT2D eigenvalue weighted by Gasteiger charge is -2.10. The van der Waals surface area contributed by atoms with Gasteiger partial charge in [0.2, 0.25) is 0 Å². The largest absolute Gasteiger partial charge is 0.504 e. The molecular weight excluding hydrogens is 338 g/mol. The van der Waals surface area contributed by atoms with Crippen molar-refractivity contribution in [2.75, 3.05) is 0 Å². The van der Waals surface area contributed by atoms with E-state index in [9.17, 15) is 9.90 Å². The van der Waals surface area contributed by atoms with Gasteiger partial charge in [0.1, 0.15) is 0 Å². The first-order chi connectivity index (χ1) is 11.1. The molecule has 0 saturated carbocycles. The Hall–Kier alpha value is -2.35. The van der Waals surface area contributed by atoms with Crippen molar-refractivity contribution in [3.8, 4) is 0 Å². The zero-order valence-corrected chi connectivity index (χ0v) is 13.3. The third kappa shape index (κ3) is 3.70. The number of nitrogens with one attached hydrogen (secondary N) is 2. The number of carbonyl (C=O) groups is 1. The molecule has 0 saturated heterocycles. The fraction of sp³-hybridized carbons (Fsp3) is 0. The summed E-state index contributed by atoms with van der Waals surface area (Å²) in [6.45, 7) is 0. The van der Waals surface area contributed by atoms with Gasteiger partial charge in [-0.2, -0.15) is 0 Å². The van der Waals surface area contributed by atoms with Crippen molar-refractivity contribution >= 4 is 35.0 Å². The molecule has 0 bridgehead atoms. The van der Waals surface area contributed by atoms with Crippen LogP contribution in [0.25, 0.3) is 5.76 Å². The van der Waals surface area contributed by atoms with Crippen LogP contribution >= 0.6 is 23.4 Å². The van der Waals surface area contributed by atoms with Gasteiger partial charge in [-0.1, -0.05) is 35.5 Å². The molecule has 2 aromatic rings. The SMILES string of the molecule is O=C(C=C(O)c1ccc(Sc2ccccc2Cl)o1)N1C=CNN1. The highest BCUT2D eigenvalue weighted by atomic mass is 35.5. The highest BCUT2D eigenvalue weighted by molar-refractivity contribution is 7.99. The molecule has 0 fully saturated rings. The summed E-state index contributed by atoms with van der Waals surface area (Å²) >= 11 is 7.42. The van der Waals surface area contributed by atoms with Crippen LogP contribution in [0.15, 0.2) is 69.3 Å². The molecule has 23 heavy (non-hydrogen) atoms. The summed E-state index contributed by atoms with van der Waals surface area (Å²) < 4.78 is 5.53. The number of aliphatic hydroxyl groups excluding tert-OH is 1. The topological polar surface area (TPSA) is 77.7 Å². The van der Waals surface area contributed by atoms with E-state index in [0.717, 1.165) is 11.0 Å². The van der Waals surface area contributed by atoms with Gasteiger partial charge in [-0.25, -0.2) is 5.01 Å². The van der Waals surface area contributed by atoms with E-state index in [0.29, 0.717) is 10.1 Å². The Morgan fingerprint density at radius 1 is 1.30 bits per heavy atom. The number of halogens is 1. The molecule has 3 N–H and O–H groups in total. The average molecular weight is 350 g/mol. The van der Waals surface area contributed by atoms with Crippen LogP contribution in [0, 0.1) is 0 Å². The Bertz CT molecular complexity index is 788. The summed E-state index contributed by atoms with van der Waals surface area (Å²) in [6, 6.07) is 10.7. The fourth-order valence-electron chi connectivity index (χ4n) is 1.79. The van der Waals surface area contributed by atoms with E-state index in [2.05, 4.69) is 11.0 Å². The van der Waals surface area contributed by atoms with Crippen molar-refractivity contribution in [3.63, 3.8) is 0 Å². The second-order valence-corrected chi connectivity index (χ2v) is 5.91. The van der Waals surface area contributed by atoms with Crippen molar-refractivity contribution in [2.24, 2.45) is 0 Å². The summed E-state index contributed by atoms with van der Waals surface area (Å²) in [7, 11) is 0. The van der Waals surface area contributed by atoms with Gasteiger partial charge in [-0.3, -0.25) is 4.79 Å². The average Bonchev–Trinajstić information content (AvgIpc) is 3.21. The summed E-state index contributed by atoms with van der Waals surface area (Å²) in [5.41, 5.74) is 5.20. The molecule has 0 unspecified atom stereocenters. The number of furan rings is 1. The van der Waals surface area contributed by atoms with Gasteiger partial charge >= 0.3 is 0 Å². The van der Waals surface area contributed by atoms with E-state index in [-0.39, 0.29) is 11.5 Å². The summed E-state index contributed by atoms with van der Waals surface area (Å²) in [4.78, 5) is 12.7. The van der Waals surface area contributed by atoms with Gasteiger partial charge < -0.3 is 14.9 Å². The minimum atomic E-state index is -0.444. The quantitative estimate of drug-likeness (QED) is 0.580. The molecule has 0 spiro atoms. The van der Waals surface area contributed by atoms with Gasteiger partial charge in [0.05, 0.1) is 11.1 Å². The van der Waals surface area contributed by atoms with Crippen LogP contribution in [0.4, 0.5) is 0 Å². The fourth-order valence-corrected chi connectivity index (χ4v) is 2.84. The second kappa shape index (κ2) is 6.82. The van der Waals surface area contributed by atoms with Gasteiger partial charge in [-0.05, 0) is 24.3 Å². The standard InChI is InChI=1S/C15H12ClN3O3S/c16-10-3-1-2-4-13(10)23-15-6-5-12(22-15)11(20)9-14(21)19-8-7-17-18-19/h1-9,17-18,20H. The maximum atomic E-state index is 11.8. The minimum absolute atomic E-state index is 0.198. The highest BCUT2D eigenvalue weighted by Crippen LogP contribution is 2.34. The first-order valence-corrected chi connectivity index (χ1v) is 7.77. The number of aliphatic hydroxyl groups is 1. The van der Waals surface area contributed by atoms with Gasteiger partial charge in [-0.15, -0.1) is 5.53 Å². The van der Waals surface area contributed by atoms with Crippen LogP contribution in [0.2, 0.25) is 5.02 Å². The Morgan fingerprint density at radius 2 is 2.13 bits per heavy atom. The Kier molecular flexibility index (Phi) is 4.61. The smallest absolute Gasteiger partial charge is 0.270 e. The lowest BCUT2D eigenvalue weighted by Crippen LogP contribution is -2.39. The predicted octanol–water partition coefficient (Wildman–Crippen LogP) is 3.31. The van der Waals surface area contributed by atoms with E-state index in [1.54, 1.807) is 24.4 Å². The van der Waals surface area contributed by atoms with Gasteiger partial charge in [0.15, 0.2) is 16.6 Å². The molecule has 0 atom stereocenters. The number of carbonyl (C=O) groups excluding carboxylic acids is 1. The third-order valence-electron chi connectivity index (χ3n) is 2.87. The van der Waals surface area contributed by atoms with E-state index >= 15 is 0 Å². The molecule has 118 valence electrons. The molecule has 3 rings (SSSR count). The molecule has 6 nitrogen and oxygen atoms in total. The van der Waals surface area contributed by atoms with Crippen molar-refractivity contribution < 1.29 is 14.3 Å². The molecule has 1 aromatic carbocycles. The summed E-state index contributed by atoms with van der Waals surface area (Å²) in [6.07, 6.45) is 4.11. The van der Waals surface area contributed by atoms with Crippen LogP contribution in [0.1, 0.15) is 5.76 Å². The van der Waals surface area contributed by atoms with Crippen LogP contribution in [-0.4, -0.2) is 16.0 Å². The van der Waals surface area contributed by atoms with Crippen molar-refractivity contribution in [3.05, 3.63) is 65.7 Å². The van der Waals surface area contributed by atoms with Crippen molar-refractivity contribution in [1.82, 2.24) is 16.0 Å². The number of hydrogen-bond donors (Lipinski definition) is 3. The molecule has 1 aliphatic rings. The first kappa shape index (κ1) is 15.5. The molecular formula is C15H12ClN3O3S. The number of hydrogen-bond acceptors (Lipinski definition) is 6. The molecule has 1 amide bonds. The molecule has 2 heterocycles.